The van der Waals surface area contributed by atoms with Crippen LogP contribution in [0.3, 0.4) is 0 Å². The minimum Gasteiger partial charge on any atom is -0.352 e. The fourth-order valence-corrected chi connectivity index (χ4v) is 2.58. The maximum atomic E-state index is 12.2. The van der Waals surface area contributed by atoms with E-state index >= 15 is 0 Å². The van der Waals surface area contributed by atoms with Crippen LogP contribution in [0.15, 0.2) is 48.5 Å². The Bertz CT molecular complexity index is 840. The van der Waals surface area contributed by atoms with Crippen LogP contribution in [-0.4, -0.2) is 27.6 Å². The molecule has 0 saturated heterocycles. The summed E-state index contributed by atoms with van der Waals surface area (Å²) in [5.41, 5.74) is 3.82. The van der Waals surface area contributed by atoms with Crippen LogP contribution in [0.25, 0.3) is 11.4 Å². The zero-order chi connectivity index (χ0) is 16.9. The molecule has 5 heteroatoms. The summed E-state index contributed by atoms with van der Waals surface area (Å²) >= 11 is 0. The van der Waals surface area contributed by atoms with Gasteiger partial charge in [0.15, 0.2) is 5.82 Å². The molecule has 0 atom stereocenters. The molecule has 1 aromatic heterocycles. The number of nitrogens with zero attached hydrogens (tertiary/aromatic N) is 2. The second kappa shape index (κ2) is 7.08. The summed E-state index contributed by atoms with van der Waals surface area (Å²) in [6.45, 7) is 4.48. The molecule has 2 N–H and O–H groups in total. The number of aryl methyl sites for hydroxylation is 2. The molecule has 0 aliphatic rings. The molecule has 122 valence electrons. The Morgan fingerprint density at radius 1 is 1.12 bits per heavy atom. The first-order valence-electron chi connectivity index (χ1n) is 7.95. The third-order valence-corrected chi connectivity index (χ3v) is 3.84. The van der Waals surface area contributed by atoms with Crippen LogP contribution in [0, 0.1) is 13.8 Å². The second-order valence-electron chi connectivity index (χ2n) is 5.80. The minimum atomic E-state index is -0.0599. The number of nitrogens with one attached hydrogen (secondary N) is 2. The van der Waals surface area contributed by atoms with Crippen LogP contribution in [-0.2, 0) is 6.42 Å². The first kappa shape index (κ1) is 15.9. The molecule has 0 unspecified atom stereocenters. The van der Waals surface area contributed by atoms with Crippen molar-refractivity contribution >= 4 is 5.91 Å². The minimum absolute atomic E-state index is 0.0599. The number of benzene rings is 2. The molecule has 1 amide bonds. The SMILES string of the molecule is Cc1ccc(C(=O)NCCc2nc(-c3ccccc3)n[nH]2)c(C)c1. The van der Waals surface area contributed by atoms with Crippen molar-refractivity contribution in [2.75, 3.05) is 6.54 Å². The Kier molecular flexibility index (Phi) is 4.70. The molecule has 0 bridgehead atoms. The highest BCUT2D eigenvalue weighted by Crippen LogP contribution is 2.13. The van der Waals surface area contributed by atoms with Crippen LogP contribution in [0.5, 0.6) is 0 Å². The highest BCUT2D eigenvalue weighted by Gasteiger charge is 2.09. The van der Waals surface area contributed by atoms with Crippen LogP contribution in [0.2, 0.25) is 0 Å². The van der Waals surface area contributed by atoms with E-state index in [0.29, 0.717) is 24.4 Å². The smallest absolute Gasteiger partial charge is 0.251 e. The van der Waals surface area contributed by atoms with E-state index in [9.17, 15) is 4.79 Å². The first-order valence-corrected chi connectivity index (χ1v) is 7.95. The highest BCUT2D eigenvalue weighted by atomic mass is 16.1. The molecule has 0 aliphatic heterocycles. The van der Waals surface area contributed by atoms with Gasteiger partial charge in [-0.3, -0.25) is 9.89 Å². The number of rotatable bonds is 5. The lowest BCUT2D eigenvalue weighted by Crippen LogP contribution is -2.26. The van der Waals surface area contributed by atoms with Crippen LogP contribution in [0.4, 0.5) is 0 Å². The molecule has 0 fully saturated rings. The largest absolute Gasteiger partial charge is 0.352 e. The molecule has 3 rings (SSSR count). The summed E-state index contributed by atoms with van der Waals surface area (Å²) in [5.74, 6) is 1.37. The standard InChI is InChI=1S/C19H20N4O/c1-13-8-9-16(14(2)12-13)19(24)20-11-10-17-21-18(23-22-17)15-6-4-3-5-7-15/h3-9,12H,10-11H2,1-2H3,(H,20,24)(H,21,22,23). The van der Waals surface area contributed by atoms with Gasteiger partial charge in [0.2, 0.25) is 0 Å². The van der Waals surface area contributed by atoms with Gasteiger partial charge in [-0.15, -0.1) is 0 Å². The zero-order valence-corrected chi connectivity index (χ0v) is 13.8. The van der Waals surface area contributed by atoms with Crippen molar-refractivity contribution in [3.63, 3.8) is 0 Å². The average Bonchev–Trinajstić information content (AvgIpc) is 3.04. The molecule has 0 radical (unpaired) electrons. The van der Waals surface area contributed by atoms with E-state index in [4.69, 9.17) is 0 Å². The number of aromatic amines is 1. The van der Waals surface area contributed by atoms with Crippen molar-refractivity contribution in [2.24, 2.45) is 0 Å². The summed E-state index contributed by atoms with van der Waals surface area (Å²) in [4.78, 5) is 16.7. The average molecular weight is 320 g/mol. The predicted octanol–water partition coefficient (Wildman–Crippen LogP) is 3.06. The number of hydrogen-bond donors (Lipinski definition) is 2. The van der Waals surface area contributed by atoms with E-state index in [2.05, 4.69) is 20.5 Å². The fourth-order valence-electron chi connectivity index (χ4n) is 2.58. The van der Waals surface area contributed by atoms with E-state index in [-0.39, 0.29) is 5.91 Å². The summed E-state index contributed by atoms with van der Waals surface area (Å²) < 4.78 is 0. The van der Waals surface area contributed by atoms with E-state index < -0.39 is 0 Å². The van der Waals surface area contributed by atoms with Gasteiger partial charge in [-0.2, -0.15) is 5.10 Å². The number of hydrogen-bond acceptors (Lipinski definition) is 3. The maximum absolute atomic E-state index is 12.2. The lowest BCUT2D eigenvalue weighted by molar-refractivity contribution is 0.0953. The molecular weight excluding hydrogens is 300 g/mol. The molecule has 3 aromatic rings. The number of carbonyl (C=O) groups is 1. The van der Waals surface area contributed by atoms with E-state index in [0.717, 1.165) is 22.5 Å². The summed E-state index contributed by atoms with van der Waals surface area (Å²) in [5, 5.41) is 10.1. The quantitative estimate of drug-likeness (QED) is 0.759. The van der Waals surface area contributed by atoms with Gasteiger partial charge in [0.1, 0.15) is 5.82 Å². The lowest BCUT2D eigenvalue weighted by atomic mass is 10.1. The predicted molar refractivity (Wildman–Crippen MR) is 93.8 cm³/mol. The van der Waals surface area contributed by atoms with E-state index in [1.807, 2.05) is 62.4 Å². The molecule has 5 nitrogen and oxygen atoms in total. The molecule has 0 saturated carbocycles. The number of amides is 1. The molecular formula is C19H20N4O. The molecule has 0 aliphatic carbocycles. The summed E-state index contributed by atoms with van der Waals surface area (Å²) in [7, 11) is 0. The normalized spacial score (nSPS) is 10.6. The van der Waals surface area contributed by atoms with Crippen molar-refractivity contribution in [3.8, 4) is 11.4 Å². The van der Waals surface area contributed by atoms with Crippen molar-refractivity contribution in [2.45, 2.75) is 20.3 Å². The second-order valence-corrected chi connectivity index (χ2v) is 5.80. The van der Waals surface area contributed by atoms with Crippen molar-refractivity contribution in [1.82, 2.24) is 20.5 Å². The van der Waals surface area contributed by atoms with Crippen LogP contribution >= 0.6 is 0 Å². The summed E-state index contributed by atoms with van der Waals surface area (Å²) in [6.07, 6.45) is 0.608. The van der Waals surface area contributed by atoms with E-state index in [1.165, 1.54) is 0 Å². The Hall–Kier alpha value is -2.95. The van der Waals surface area contributed by atoms with Gasteiger partial charge in [0.05, 0.1) is 0 Å². The first-order chi connectivity index (χ1) is 11.6. The number of H-pyrrole nitrogens is 1. The van der Waals surface area contributed by atoms with Crippen molar-refractivity contribution in [3.05, 3.63) is 71.0 Å². The number of aromatic nitrogens is 3. The van der Waals surface area contributed by atoms with Gasteiger partial charge in [-0.05, 0) is 25.5 Å². The third-order valence-electron chi connectivity index (χ3n) is 3.84. The molecule has 1 heterocycles. The van der Waals surface area contributed by atoms with Gasteiger partial charge in [-0.25, -0.2) is 4.98 Å². The Morgan fingerprint density at radius 2 is 1.92 bits per heavy atom. The monoisotopic (exact) mass is 320 g/mol. The van der Waals surface area contributed by atoms with Gasteiger partial charge >= 0.3 is 0 Å². The van der Waals surface area contributed by atoms with Gasteiger partial charge in [0, 0.05) is 24.1 Å². The van der Waals surface area contributed by atoms with Gasteiger partial charge in [-0.1, -0.05) is 48.0 Å². The Morgan fingerprint density at radius 3 is 2.67 bits per heavy atom. The van der Waals surface area contributed by atoms with Gasteiger partial charge < -0.3 is 5.32 Å². The zero-order valence-electron chi connectivity index (χ0n) is 13.8. The lowest BCUT2D eigenvalue weighted by Gasteiger charge is -2.07. The molecule has 24 heavy (non-hydrogen) atoms. The van der Waals surface area contributed by atoms with Gasteiger partial charge in [0.25, 0.3) is 5.91 Å². The topological polar surface area (TPSA) is 70.7 Å². The fraction of sp³-hybridized carbons (Fsp3) is 0.211. The maximum Gasteiger partial charge on any atom is 0.251 e. The third kappa shape index (κ3) is 3.68. The van der Waals surface area contributed by atoms with E-state index in [1.54, 1.807) is 0 Å². The Balaban J connectivity index is 1.57. The van der Waals surface area contributed by atoms with Crippen LogP contribution < -0.4 is 5.32 Å². The van der Waals surface area contributed by atoms with Crippen LogP contribution in [0.1, 0.15) is 27.3 Å². The Labute approximate surface area is 141 Å². The van der Waals surface area contributed by atoms with Crippen molar-refractivity contribution in [1.29, 1.82) is 0 Å². The highest BCUT2D eigenvalue weighted by molar-refractivity contribution is 5.95. The summed E-state index contributed by atoms with van der Waals surface area (Å²) in [6, 6.07) is 15.6. The molecule has 0 spiro atoms. The molecule has 2 aromatic carbocycles. The van der Waals surface area contributed by atoms with Crippen molar-refractivity contribution < 1.29 is 4.79 Å². The number of carbonyl (C=O) groups excluding carboxylic acids is 1.